The molecule has 8 heteroatoms. The summed E-state index contributed by atoms with van der Waals surface area (Å²) in [5.41, 5.74) is 0.912. The van der Waals surface area contributed by atoms with Crippen molar-refractivity contribution in [3.8, 4) is 5.69 Å². The standard InChI is InChI=1S/C15H15Cl2N3O3/c1-2-19(7-6-14(21)22)15(23)13-5-8-20(18-13)10-3-4-11(16)12(17)9-10/h3-5,8-9H,2,6-7H2,1H3,(H,21,22). The zero-order valence-corrected chi connectivity index (χ0v) is 13.9. The summed E-state index contributed by atoms with van der Waals surface area (Å²) in [4.78, 5) is 24.5. The van der Waals surface area contributed by atoms with Crippen LogP contribution in [0.3, 0.4) is 0 Å². The third-order valence-electron chi connectivity index (χ3n) is 3.24. The average Bonchev–Trinajstić information content (AvgIpc) is 3.00. The first-order valence-corrected chi connectivity index (χ1v) is 7.70. The van der Waals surface area contributed by atoms with Crippen LogP contribution in [0, 0.1) is 0 Å². The lowest BCUT2D eigenvalue weighted by Crippen LogP contribution is -2.33. The number of amides is 1. The van der Waals surface area contributed by atoms with Crippen molar-refractivity contribution in [2.24, 2.45) is 0 Å². The molecule has 0 unspecified atom stereocenters. The van der Waals surface area contributed by atoms with Gasteiger partial charge in [-0.2, -0.15) is 5.10 Å². The van der Waals surface area contributed by atoms with Crippen LogP contribution in [0.25, 0.3) is 5.69 Å². The van der Waals surface area contributed by atoms with Gasteiger partial charge in [-0.05, 0) is 31.2 Å². The van der Waals surface area contributed by atoms with Crippen LogP contribution in [-0.4, -0.2) is 44.8 Å². The van der Waals surface area contributed by atoms with E-state index in [0.717, 1.165) is 0 Å². The van der Waals surface area contributed by atoms with E-state index in [2.05, 4.69) is 5.10 Å². The molecule has 0 spiro atoms. The molecule has 0 radical (unpaired) electrons. The lowest BCUT2D eigenvalue weighted by Gasteiger charge is -2.18. The Balaban J connectivity index is 2.18. The average molecular weight is 356 g/mol. The normalized spacial score (nSPS) is 10.6. The highest BCUT2D eigenvalue weighted by Crippen LogP contribution is 2.24. The predicted molar refractivity (Wildman–Crippen MR) is 87.4 cm³/mol. The number of rotatable bonds is 6. The Morgan fingerprint density at radius 3 is 2.61 bits per heavy atom. The van der Waals surface area contributed by atoms with Crippen molar-refractivity contribution in [2.45, 2.75) is 13.3 Å². The van der Waals surface area contributed by atoms with E-state index >= 15 is 0 Å². The molecule has 1 aromatic heterocycles. The van der Waals surface area contributed by atoms with Gasteiger partial charge in [-0.15, -0.1) is 0 Å². The molecule has 1 aromatic carbocycles. The summed E-state index contributed by atoms with van der Waals surface area (Å²) in [6.45, 7) is 2.34. The molecule has 2 aromatic rings. The minimum absolute atomic E-state index is 0.104. The van der Waals surface area contributed by atoms with E-state index < -0.39 is 5.97 Å². The summed E-state index contributed by atoms with van der Waals surface area (Å²) in [7, 11) is 0. The molecule has 0 aliphatic heterocycles. The van der Waals surface area contributed by atoms with Gasteiger partial charge in [-0.1, -0.05) is 23.2 Å². The number of carbonyl (C=O) groups is 2. The summed E-state index contributed by atoms with van der Waals surface area (Å²) in [6, 6.07) is 6.60. The highest BCUT2D eigenvalue weighted by molar-refractivity contribution is 6.42. The van der Waals surface area contributed by atoms with E-state index in [9.17, 15) is 9.59 Å². The molecule has 0 saturated heterocycles. The number of aliphatic carboxylic acids is 1. The van der Waals surface area contributed by atoms with Gasteiger partial charge in [0.25, 0.3) is 5.91 Å². The first-order valence-electron chi connectivity index (χ1n) is 6.94. The van der Waals surface area contributed by atoms with Gasteiger partial charge in [-0.3, -0.25) is 9.59 Å². The molecular weight excluding hydrogens is 341 g/mol. The second-order valence-electron chi connectivity index (χ2n) is 4.77. The maximum absolute atomic E-state index is 12.4. The van der Waals surface area contributed by atoms with E-state index in [1.165, 1.54) is 9.58 Å². The van der Waals surface area contributed by atoms with E-state index in [1.54, 1.807) is 37.4 Å². The van der Waals surface area contributed by atoms with E-state index in [-0.39, 0.29) is 24.6 Å². The zero-order valence-electron chi connectivity index (χ0n) is 12.4. The van der Waals surface area contributed by atoms with Crippen molar-refractivity contribution in [1.82, 2.24) is 14.7 Å². The van der Waals surface area contributed by atoms with E-state index in [1.807, 2.05) is 0 Å². The first-order chi connectivity index (χ1) is 10.9. The number of hydrogen-bond donors (Lipinski definition) is 1. The number of benzene rings is 1. The van der Waals surface area contributed by atoms with Gasteiger partial charge in [-0.25, -0.2) is 4.68 Å². The van der Waals surface area contributed by atoms with Gasteiger partial charge >= 0.3 is 5.97 Å². The van der Waals surface area contributed by atoms with Gasteiger partial charge in [0.15, 0.2) is 5.69 Å². The first kappa shape index (κ1) is 17.3. The Labute approximate surface area is 143 Å². The van der Waals surface area contributed by atoms with Crippen LogP contribution in [0.4, 0.5) is 0 Å². The summed E-state index contributed by atoms with van der Waals surface area (Å²) >= 11 is 11.8. The Kier molecular flexibility index (Phi) is 5.63. The van der Waals surface area contributed by atoms with Crippen LogP contribution in [0.5, 0.6) is 0 Å². The molecule has 0 atom stereocenters. The lowest BCUT2D eigenvalue weighted by molar-refractivity contribution is -0.137. The van der Waals surface area contributed by atoms with Crippen molar-refractivity contribution < 1.29 is 14.7 Å². The maximum Gasteiger partial charge on any atom is 0.305 e. The van der Waals surface area contributed by atoms with Crippen molar-refractivity contribution in [2.75, 3.05) is 13.1 Å². The number of carboxylic acid groups (broad SMARTS) is 1. The molecule has 122 valence electrons. The second kappa shape index (κ2) is 7.48. The minimum Gasteiger partial charge on any atom is -0.481 e. The zero-order chi connectivity index (χ0) is 17.0. The van der Waals surface area contributed by atoms with E-state index in [4.69, 9.17) is 28.3 Å². The maximum atomic E-state index is 12.4. The number of hydrogen-bond acceptors (Lipinski definition) is 3. The van der Waals surface area contributed by atoms with Crippen LogP contribution in [0.15, 0.2) is 30.5 Å². The van der Waals surface area contributed by atoms with Crippen LogP contribution < -0.4 is 0 Å². The predicted octanol–water partition coefficient (Wildman–Crippen LogP) is 3.12. The smallest absolute Gasteiger partial charge is 0.305 e. The number of nitrogens with zero attached hydrogens (tertiary/aromatic N) is 3. The SMILES string of the molecule is CCN(CCC(=O)O)C(=O)c1ccn(-c2ccc(Cl)c(Cl)c2)n1. The lowest BCUT2D eigenvalue weighted by atomic mass is 10.3. The molecule has 0 aliphatic carbocycles. The quantitative estimate of drug-likeness (QED) is 0.863. The topological polar surface area (TPSA) is 75.4 Å². The van der Waals surface area contributed by atoms with Gasteiger partial charge in [0.2, 0.25) is 0 Å². The molecule has 0 saturated carbocycles. The largest absolute Gasteiger partial charge is 0.481 e. The van der Waals surface area contributed by atoms with Crippen LogP contribution in [-0.2, 0) is 4.79 Å². The summed E-state index contributed by atoms with van der Waals surface area (Å²) < 4.78 is 1.51. The van der Waals surface area contributed by atoms with Crippen LogP contribution >= 0.6 is 23.2 Å². The van der Waals surface area contributed by atoms with Gasteiger partial charge in [0.05, 0.1) is 22.2 Å². The Morgan fingerprint density at radius 2 is 2.00 bits per heavy atom. The fraction of sp³-hybridized carbons (Fsp3) is 0.267. The molecular formula is C15H15Cl2N3O3. The molecule has 0 bridgehead atoms. The third kappa shape index (κ3) is 4.24. The molecule has 1 N–H and O–H groups in total. The van der Waals surface area contributed by atoms with Crippen molar-refractivity contribution in [3.05, 3.63) is 46.2 Å². The number of carbonyl (C=O) groups excluding carboxylic acids is 1. The Morgan fingerprint density at radius 1 is 1.26 bits per heavy atom. The molecule has 6 nitrogen and oxygen atoms in total. The van der Waals surface area contributed by atoms with Crippen LogP contribution in [0.1, 0.15) is 23.8 Å². The Hall–Kier alpha value is -2.05. The van der Waals surface area contributed by atoms with Gasteiger partial charge in [0.1, 0.15) is 0 Å². The number of halogens is 2. The van der Waals surface area contributed by atoms with Gasteiger partial charge < -0.3 is 10.0 Å². The highest BCUT2D eigenvalue weighted by Gasteiger charge is 2.18. The number of carboxylic acids is 1. The van der Waals surface area contributed by atoms with Gasteiger partial charge in [0, 0.05) is 19.3 Å². The van der Waals surface area contributed by atoms with E-state index in [0.29, 0.717) is 22.3 Å². The van der Waals surface area contributed by atoms with Crippen molar-refractivity contribution in [1.29, 1.82) is 0 Å². The fourth-order valence-electron chi connectivity index (χ4n) is 2.01. The summed E-state index contributed by atoms with van der Waals surface area (Å²) in [6.07, 6.45) is 1.53. The van der Waals surface area contributed by atoms with Crippen molar-refractivity contribution >= 4 is 35.1 Å². The molecule has 1 heterocycles. The van der Waals surface area contributed by atoms with Crippen LogP contribution in [0.2, 0.25) is 10.0 Å². The molecule has 2 rings (SSSR count). The minimum atomic E-state index is -0.947. The van der Waals surface area contributed by atoms with Crippen molar-refractivity contribution in [3.63, 3.8) is 0 Å². The fourth-order valence-corrected chi connectivity index (χ4v) is 2.30. The third-order valence-corrected chi connectivity index (χ3v) is 3.98. The molecule has 0 fully saturated rings. The highest BCUT2D eigenvalue weighted by atomic mass is 35.5. The molecule has 23 heavy (non-hydrogen) atoms. The number of aromatic nitrogens is 2. The summed E-state index contributed by atoms with van der Waals surface area (Å²) in [5.74, 6) is -1.26. The second-order valence-corrected chi connectivity index (χ2v) is 5.59. The summed E-state index contributed by atoms with van der Waals surface area (Å²) in [5, 5.41) is 13.8. The Bertz CT molecular complexity index is 731. The molecule has 1 amide bonds. The monoisotopic (exact) mass is 355 g/mol. The molecule has 0 aliphatic rings.